The van der Waals surface area contributed by atoms with Gasteiger partial charge in [-0.2, -0.15) is 13.1 Å². The van der Waals surface area contributed by atoms with Crippen LogP contribution in [0.3, 0.4) is 0 Å². The van der Waals surface area contributed by atoms with E-state index in [4.69, 9.17) is 46.8 Å². The zero-order valence-electron chi connectivity index (χ0n) is 30.0. The van der Waals surface area contributed by atoms with Crippen molar-refractivity contribution in [2.75, 3.05) is 13.2 Å². The zero-order chi connectivity index (χ0) is 39.8. The number of nitrogens with zero attached hydrogens (tertiary/aromatic N) is 1. The molecule has 0 aromatic carbocycles. The van der Waals surface area contributed by atoms with Crippen LogP contribution in [0.2, 0.25) is 0 Å². The van der Waals surface area contributed by atoms with Gasteiger partial charge >= 0.3 is 46.0 Å². The maximum Gasteiger partial charge on any atom is 0.425 e. The smallest absolute Gasteiger partial charge is 0.425 e. The predicted molar refractivity (Wildman–Crippen MR) is 172 cm³/mol. The normalized spacial score (nSPS) is 27.2. The molecule has 1 aromatic rings. The molecule has 2 N–H and O–H groups in total. The molecule has 9 atom stereocenters. The largest absolute Gasteiger partial charge is 0.463 e. The Hall–Kier alpha value is -4.42. The van der Waals surface area contributed by atoms with Crippen molar-refractivity contribution in [2.45, 2.75) is 123 Å². The summed E-state index contributed by atoms with van der Waals surface area (Å²) in [7, 11) is -5.05. The second kappa shape index (κ2) is 18.6. The molecule has 3 rings (SSSR count). The second-order valence-corrected chi connectivity index (χ2v) is 13.5. The van der Waals surface area contributed by atoms with E-state index in [9.17, 15) is 42.0 Å². The first kappa shape index (κ1) is 43.0. The van der Waals surface area contributed by atoms with Gasteiger partial charge in [-0.15, -0.1) is 0 Å². The highest BCUT2D eigenvalue weighted by Crippen LogP contribution is 2.35. The molecule has 0 radical (unpaired) electrons. The predicted octanol–water partition coefficient (Wildman–Crippen LogP) is -0.908. The third kappa shape index (κ3) is 12.6. The standard InChI is InChI=1S/C30H43N3O19S/c1-13(2)45-23-20(50-27(25(23)46-14(3)4)33-10-9-21(38)31-29(33)39)12-44-53(41,42)32-30(40)52-28-26(49-18(8)37)24(48-17(7)36)22(47-16(6)35)19(51-28)11-43-15(5)34/h9-10,13-14,19-20,22-28H,11-12H2,1-8H3,(H,32,40)(H,31,38,39). The number of H-pyrrole nitrogens is 1. The van der Waals surface area contributed by atoms with E-state index in [2.05, 4.69) is 4.98 Å². The quantitative estimate of drug-likeness (QED) is 0.161. The molecule has 2 aliphatic heterocycles. The van der Waals surface area contributed by atoms with Crippen LogP contribution in [-0.4, -0.2) is 122 Å². The van der Waals surface area contributed by atoms with Gasteiger partial charge in [0, 0.05) is 40.0 Å². The summed E-state index contributed by atoms with van der Waals surface area (Å²) >= 11 is 0. The Morgan fingerprint density at radius 1 is 0.755 bits per heavy atom. The molecule has 0 aliphatic carbocycles. The van der Waals surface area contributed by atoms with E-state index in [-0.39, 0.29) is 0 Å². The Kier molecular flexibility index (Phi) is 15.1. The van der Waals surface area contributed by atoms with Gasteiger partial charge in [-0.3, -0.25) is 37.7 Å². The summed E-state index contributed by atoms with van der Waals surface area (Å²) < 4.78 is 82.8. The third-order valence-corrected chi connectivity index (χ3v) is 7.90. The maximum absolute atomic E-state index is 13.0. The van der Waals surface area contributed by atoms with E-state index in [1.54, 1.807) is 27.7 Å². The topological polar surface area (TPSA) is 279 Å². The zero-order valence-corrected chi connectivity index (χ0v) is 30.8. The van der Waals surface area contributed by atoms with Gasteiger partial charge in [0.1, 0.15) is 31.0 Å². The molecular weight excluding hydrogens is 738 g/mol. The van der Waals surface area contributed by atoms with Gasteiger partial charge in [-0.05, 0) is 27.7 Å². The van der Waals surface area contributed by atoms with Gasteiger partial charge in [0.25, 0.3) is 5.56 Å². The van der Waals surface area contributed by atoms with Crippen molar-refractivity contribution in [3.63, 3.8) is 0 Å². The van der Waals surface area contributed by atoms with Crippen molar-refractivity contribution in [1.82, 2.24) is 14.3 Å². The molecular formula is C30H43N3O19S. The third-order valence-electron chi connectivity index (χ3n) is 7.04. The Labute approximate surface area is 302 Å². The lowest BCUT2D eigenvalue weighted by atomic mass is 9.98. The van der Waals surface area contributed by atoms with Gasteiger partial charge in [-0.1, -0.05) is 0 Å². The number of esters is 4. The summed E-state index contributed by atoms with van der Waals surface area (Å²) in [5, 5.41) is 0. The molecule has 22 nitrogen and oxygen atoms in total. The van der Waals surface area contributed by atoms with Crippen molar-refractivity contribution in [3.05, 3.63) is 33.1 Å². The number of hydrogen-bond acceptors (Lipinski definition) is 19. The van der Waals surface area contributed by atoms with E-state index in [1.807, 2.05) is 0 Å². The van der Waals surface area contributed by atoms with Gasteiger partial charge in [-0.25, -0.2) is 9.59 Å². The molecule has 2 fully saturated rings. The number of amides is 1. The highest BCUT2D eigenvalue weighted by molar-refractivity contribution is 7.85. The lowest BCUT2D eigenvalue weighted by Crippen LogP contribution is -2.63. The van der Waals surface area contributed by atoms with E-state index >= 15 is 0 Å². The highest BCUT2D eigenvalue weighted by Gasteiger charge is 2.54. The van der Waals surface area contributed by atoms with Crippen molar-refractivity contribution in [2.24, 2.45) is 0 Å². The summed E-state index contributed by atoms with van der Waals surface area (Å²) in [5.41, 5.74) is -1.52. The van der Waals surface area contributed by atoms with Crippen molar-refractivity contribution in [1.29, 1.82) is 0 Å². The molecule has 23 heteroatoms. The van der Waals surface area contributed by atoms with Crippen LogP contribution in [0.1, 0.15) is 61.6 Å². The lowest BCUT2D eigenvalue weighted by Gasteiger charge is -2.43. The molecule has 1 aromatic heterocycles. The molecule has 0 bridgehead atoms. The minimum absolute atomic E-state index is 0.432. The number of aromatic nitrogens is 2. The first-order valence-corrected chi connectivity index (χ1v) is 17.5. The van der Waals surface area contributed by atoms with Crippen molar-refractivity contribution >= 4 is 40.3 Å². The molecule has 2 aliphatic rings. The van der Waals surface area contributed by atoms with Crippen LogP contribution in [0, 0.1) is 0 Å². The second-order valence-electron chi connectivity index (χ2n) is 12.2. The van der Waals surface area contributed by atoms with Gasteiger partial charge in [0.15, 0.2) is 18.4 Å². The monoisotopic (exact) mass is 781 g/mol. The molecule has 53 heavy (non-hydrogen) atoms. The number of rotatable bonds is 15. The molecule has 3 heterocycles. The molecule has 2 saturated heterocycles. The van der Waals surface area contributed by atoms with Crippen LogP contribution in [0.5, 0.6) is 0 Å². The summed E-state index contributed by atoms with van der Waals surface area (Å²) in [6.45, 7) is 9.31. The Morgan fingerprint density at radius 3 is 1.85 bits per heavy atom. The first-order chi connectivity index (χ1) is 24.7. The number of carbonyl (C=O) groups is 5. The van der Waals surface area contributed by atoms with E-state index in [1.165, 1.54) is 10.9 Å². The Bertz CT molecular complexity index is 1710. The molecule has 0 spiro atoms. The van der Waals surface area contributed by atoms with Crippen LogP contribution in [0.4, 0.5) is 4.79 Å². The Balaban J connectivity index is 1.84. The average Bonchev–Trinajstić information content (AvgIpc) is 3.32. The summed E-state index contributed by atoms with van der Waals surface area (Å²) in [6, 6.07) is 1.07. The van der Waals surface area contributed by atoms with Crippen LogP contribution in [-0.2, 0) is 76.3 Å². The van der Waals surface area contributed by atoms with Crippen LogP contribution in [0.15, 0.2) is 21.9 Å². The molecule has 0 saturated carbocycles. The molecule has 1 amide bonds. The number of ether oxygens (including phenoxy) is 9. The van der Waals surface area contributed by atoms with Crippen LogP contribution < -0.4 is 16.0 Å². The van der Waals surface area contributed by atoms with Crippen LogP contribution >= 0.6 is 0 Å². The highest BCUT2D eigenvalue weighted by atomic mass is 32.2. The average molecular weight is 782 g/mol. The number of carbonyl (C=O) groups excluding carboxylic acids is 5. The first-order valence-electron chi connectivity index (χ1n) is 16.1. The SMILES string of the molecule is CC(=O)OCC1OC(OC(=O)NS(=O)(=O)OCC2OC(n3ccc(=O)[nH]c3=O)C(OC(C)C)C2OC(C)C)C(OC(C)=O)C(OC(C)=O)C1OC(C)=O. The Morgan fingerprint density at radius 2 is 1.30 bits per heavy atom. The molecule has 9 unspecified atom stereocenters. The van der Waals surface area contributed by atoms with Gasteiger partial charge in [0.2, 0.25) is 12.4 Å². The maximum atomic E-state index is 13.0. The van der Waals surface area contributed by atoms with Crippen molar-refractivity contribution < 1.29 is 79.2 Å². The summed E-state index contributed by atoms with van der Waals surface area (Å²) in [5.74, 6) is -3.67. The van der Waals surface area contributed by atoms with Gasteiger partial charge < -0.3 is 42.6 Å². The number of aromatic amines is 1. The number of hydrogen-bond donors (Lipinski definition) is 2. The lowest BCUT2D eigenvalue weighted by molar-refractivity contribution is -0.294. The van der Waals surface area contributed by atoms with Gasteiger partial charge in [0.05, 0.1) is 18.8 Å². The van der Waals surface area contributed by atoms with E-state index < -0.39 is 132 Å². The fraction of sp³-hybridized carbons (Fsp3) is 0.700. The van der Waals surface area contributed by atoms with E-state index in [0.29, 0.717) is 0 Å². The summed E-state index contributed by atoms with van der Waals surface area (Å²) in [6.07, 6.45) is -14.6. The number of nitrogens with one attached hydrogen (secondary N) is 2. The fourth-order valence-corrected chi connectivity index (χ4v) is 5.96. The van der Waals surface area contributed by atoms with Crippen LogP contribution in [0.25, 0.3) is 0 Å². The minimum Gasteiger partial charge on any atom is -0.463 e. The fourth-order valence-electron chi connectivity index (χ4n) is 5.33. The minimum atomic E-state index is -5.05. The van der Waals surface area contributed by atoms with E-state index in [0.717, 1.165) is 38.3 Å². The molecule has 298 valence electrons. The van der Waals surface area contributed by atoms with Crippen molar-refractivity contribution in [3.8, 4) is 0 Å². The summed E-state index contributed by atoms with van der Waals surface area (Å²) in [4.78, 5) is 86.9.